The summed E-state index contributed by atoms with van der Waals surface area (Å²) < 4.78 is 13.7. The summed E-state index contributed by atoms with van der Waals surface area (Å²) in [6.07, 6.45) is 1.62. The minimum Gasteiger partial charge on any atom is -0.403 e. The minimum atomic E-state index is -0.351. The summed E-state index contributed by atoms with van der Waals surface area (Å²) in [7, 11) is 1.55. The van der Waals surface area contributed by atoms with Crippen LogP contribution in [0.5, 0.6) is 0 Å². The fourth-order valence-corrected chi connectivity index (χ4v) is 3.84. The second-order valence-corrected chi connectivity index (χ2v) is 7.69. The summed E-state index contributed by atoms with van der Waals surface area (Å²) in [5.41, 5.74) is 12.9. The van der Waals surface area contributed by atoms with Gasteiger partial charge in [0.05, 0.1) is 15.6 Å². The third-order valence-electron chi connectivity index (χ3n) is 3.75. The molecule has 0 fully saturated rings. The second kappa shape index (κ2) is 9.85. The van der Waals surface area contributed by atoms with Gasteiger partial charge in [-0.2, -0.15) is 0 Å². The van der Waals surface area contributed by atoms with Crippen LogP contribution in [0, 0.1) is 5.82 Å². The first-order valence-electron chi connectivity index (χ1n) is 7.99. The average molecular weight is 429 g/mol. The number of rotatable bonds is 7. The molecular weight excluding hydrogens is 410 g/mol. The Kier molecular flexibility index (Phi) is 7.79. The normalized spacial score (nSPS) is 13.5. The SMILES string of the molecule is CN=C(C(Cl)=CN)c1cc(C(=O)N[C@H](CN)Cc2cccc(F)c2)sc1Cl. The van der Waals surface area contributed by atoms with Gasteiger partial charge in [-0.25, -0.2) is 4.39 Å². The summed E-state index contributed by atoms with van der Waals surface area (Å²) in [6, 6.07) is 7.43. The maximum absolute atomic E-state index is 13.3. The molecule has 0 unspecified atom stereocenters. The van der Waals surface area contributed by atoms with Gasteiger partial charge in [-0.15, -0.1) is 11.3 Å². The highest BCUT2D eigenvalue weighted by Crippen LogP contribution is 2.30. The average Bonchev–Trinajstić information content (AvgIpc) is 3.03. The van der Waals surface area contributed by atoms with E-state index in [0.717, 1.165) is 16.9 Å². The van der Waals surface area contributed by atoms with E-state index in [1.165, 1.54) is 18.3 Å². The molecule has 2 rings (SSSR count). The Morgan fingerprint density at radius 1 is 1.44 bits per heavy atom. The molecule has 0 spiro atoms. The molecule has 27 heavy (non-hydrogen) atoms. The van der Waals surface area contributed by atoms with Crippen molar-refractivity contribution in [2.45, 2.75) is 12.5 Å². The number of allylic oxidation sites excluding steroid dienone is 1. The molecule has 0 aliphatic heterocycles. The van der Waals surface area contributed by atoms with Crippen molar-refractivity contribution < 1.29 is 9.18 Å². The van der Waals surface area contributed by atoms with E-state index in [0.29, 0.717) is 26.9 Å². The van der Waals surface area contributed by atoms with Crippen LogP contribution in [0.4, 0.5) is 4.39 Å². The predicted molar refractivity (Wildman–Crippen MR) is 110 cm³/mol. The van der Waals surface area contributed by atoms with Gasteiger partial charge in [0, 0.05) is 31.4 Å². The topological polar surface area (TPSA) is 93.5 Å². The molecule has 1 aromatic carbocycles. The number of hydrogen-bond donors (Lipinski definition) is 3. The fourth-order valence-electron chi connectivity index (χ4n) is 2.48. The lowest BCUT2D eigenvalue weighted by Gasteiger charge is -2.16. The maximum Gasteiger partial charge on any atom is 0.261 e. The van der Waals surface area contributed by atoms with Crippen LogP contribution in [0.15, 0.2) is 46.6 Å². The van der Waals surface area contributed by atoms with Crippen LogP contribution in [-0.2, 0) is 6.42 Å². The van der Waals surface area contributed by atoms with E-state index in [1.54, 1.807) is 25.2 Å². The maximum atomic E-state index is 13.3. The molecular formula is C18H19Cl2FN4OS. The van der Waals surface area contributed by atoms with Crippen LogP contribution in [-0.4, -0.2) is 31.3 Å². The third-order valence-corrected chi connectivity index (χ3v) is 5.42. The van der Waals surface area contributed by atoms with Crippen LogP contribution >= 0.6 is 34.5 Å². The number of benzene rings is 1. The number of carbonyl (C=O) groups excluding carboxylic acids is 1. The van der Waals surface area contributed by atoms with E-state index in [9.17, 15) is 9.18 Å². The number of halogens is 3. The number of carbonyl (C=O) groups is 1. The van der Waals surface area contributed by atoms with E-state index in [4.69, 9.17) is 34.7 Å². The van der Waals surface area contributed by atoms with Crippen molar-refractivity contribution in [3.8, 4) is 0 Å². The van der Waals surface area contributed by atoms with Crippen LogP contribution in [0.3, 0.4) is 0 Å². The number of nitrogens with one attached hydrogen (secondary N) is 1. The predicted octanol–water partition coefficient (Wildman–Crippen LogP) is 3.30. The molecule has 1 heterocycles. The Labute approximate surface area is 170 Å². The molecule has 0 bridgehead atoms. The molecule has 144 valence electrons. The smallest absolute Gasteiger partial charge is 0.261 e. The minimum absolute atomic E-state index is 0.206. The molecule has 1 aromatic heterocycles. The van der Waals surface area contributed by atoms with Gasteiger partial charge in [0.1, 0.15) is 10.2 Å². The van der Waals surface area contributed by atoms with E-state index in [2.05, 4.69) is 10.3 Å². The molecule has 5 N–H and O–H groups in total. The Morgan fingerprint density at radius 2 is 2.19 bits per heavy atom. The van der Waals surface area contributed by atoms with Crippen molar-refractivity contribution in [2.24, 2.45) is 16.5 Å². The zero-order chi connectivity index (χ0) is 20.0. The molecule has 9 heteroatoms. The van der Waals surface area contributed by atoms with Gasteiger partial charge >= 0.3 is 0 Å². The van der Waals surface area contributed by atoms with Crippen molar-refractivity contribution in [1.82, 2.24) is 5.32 Å². The molecule has 0 radical (unpaired) electrons. The zero-order valence-corrected chi connectivity index (χ0v) is 16.8. The van der Waals surface area contributed by atoms with Crippen LogP contribution < -0.4 is 16.8 Å². The molecule has 0 aliphatic rings. The van der Waals surface area contributed by atoms with Gasteiger partial charge in [-0.1, -0.05) is 35.3 Å². The van der Waals surface area contributed by atoms with Crippen LogP contribution in [0.2, 0.25) is 4.34 Å². The number of amides is 1. The zero-order valence-electron chi connectivity index (χ0n) is 14.5. The molecule has 1 amide bonds. The second-order valence-electron chi connectivity index (χ2n) is 5.62. The number of thiophene rings is 1. The monoisotopic (exact) mass is 428 g/mol. The standard InChI is InChI=1S/C18H19Cl2FN4OS/c1-24-16(14(19)9-23)13-7-15(27-17(13)20)18(26)25-12(8-22)6-10-3-2-4-11(21)5-10/h2-5,7,9,12H,6,8,22-23H2,1H3,(H,25,26)/t12-/m0/s1. The van der Waals surface area contributed by atoms with Gasteiger partial charge in [0.15, 0.2) is 0 Å². The summed E-state index contributed by atoms with van der Waals surface area (Å²) in [5, 5.41) is 3.08. The lowest BCUT2D eigenvalue weighted by molar-refractivity contribution is 0.0942. The lowest BCUT2D eigenvalue weighted by atomic mass is 10.1. The Hall–Kier alpha value is -1.93. The highest BCUT2D eigenvalue weighted by atomic mass is 35.5. The van der Waals surface area contributed by atoms with Gasteiger partial charge in [-0.3, -0.25) is 9.79 Å². The van der Waals surface area contributed by atoms with Gasteiger partial charge in [0.25, 0.3) is 5.91 Å². The van der Waals surface area contributed by atoms with Gasteiger partial charge in [-0.05, 0) is 30.2 Å². The Balaban J connectivity index is 2.16. The summed E-state index contributed by atoms with van der Waals surface area (Å²) in [4.78, 5) is 17.0. The molecule has 5 nitrogen and oxygen atoms in total. The van der Waals surface area contributed by atoms with Crippen molar-refractivity contribution in [2.75, 3.05) is 13.6 Å². The number of nitrogens with two attached hydrogens (primary N) is 2. The van der Waals surface area contributed by atoms with Crippen LogP contribution in [0.25, 0.3) is 0 Å². The fraction of sp³-hybridized carbons (Fsp3) is 0.222. The Bertz CT molecular complexity index is 882. The van der Waals surface area contributed by atoms with E-state index < -0.39 is 0 Å². The van der Waals surface area contributed by atoms with Crippen molar-refractivity contribution in [1.29, 1.82) is 0 Å². The lowest BCUT2D eigenvalue weighted by Crippen LogP contribution is -2.41. The number of nitrogens with zero attached hydrogens (tertiary/aromatic N) is 1. The van der Waals surface area contributed by atoms with E-state index >= 15 is 0 Å². The molecule has 0 aliphatic carbocycles. The largest absolute Gasteiger partial charge is 0.403 e. The van der Waals surface area contributed by atoms with E-state index in [1.807, 2.05) is 0 Å². The van der Waals surface area contributed by atoms with Crippen molar-refractivity contribution in [3.05, 3.63) is 67.7 Å². The van der Waals surface area contributed by atoms with Gasteiger partial charge < -0.3 is 16.8 Å². The first-order valence-corrected chi connectivity index (χ1v) is 9.56. The molecule has 0 saturated carbocycles. The highest BCUT2D eigenvalue weighted by Gasteiger charge is 2.20. The number of aliphatic imine (C=N–C) groups is 1. The quantitative estimate of drug-likeness (QED) is 0.590. The molecule has 1 atom stereocenters. The summed E-state index contributed by atoms with van der Waals surface area (Å²) >= 11 is 13.4. The first kappa shape index (κ1) is 21.4. The van der Waals surface area contributed by atoms with Crippen LogP contribution in [0.1, 0.15) is 20.8 Å². The Morgan fingerprint density at radius 3 is 2.78 bits per heavy atom. The highest BCUT2D eigenvalue weighted by molar-refractivity contribution is 7.18. The molecule has 0 saturated heterocycles. The summed E-state index contributed by atoms with van der Waals surface area (Å²) in [6.45, 7) is 0.206. The summed E-state index contributed by atoms with van der Waals surface area (Å²) in [5.74, 6) is -0.663. The van der Waals surface area contributed by atoms with E-state index in [-0.39, 0.29) is 29.3 Å². The molecule has 2 aromatic rings. The third kappa shape index (κ3) is 5.52. The number of hydrogen-bond acceptors (Lipinski definition) is 5. The van der Waals surface area contributed by atoms with Crippen molar-refractivity contribution >= 4 is 46.2 Å². The van der Waals surface area contributed by atoms with Crippen molar-refractivity contribution in [3.63, 3.8) is 0 Å². The first-order chi connectivity index (χ1) is 12.9. The van der Waals surface area contributed by atoms with Gasteiger partial charge in [0.2, 0.25) is 0 Å².